The van der Waals surface area contributed by atoms with E-state index in [2.05, 4.69) is 43.6 Å². The predicted octanol–water partition coefficient (Wildman–Crippen LogP) is 1.76. The second kappa shape index (κ2) is 5.61. The van der Waals surface area contributed by atoms with Gasteiger partial charge in [-0.05, 0) is 28.1 Å². The van der Waals surface area contributed by atoms with Crippen molar-refractivity contribution in [1.82, 2.24) is 20.2 Å². The van der Waals surface area contributed by atoms with Gasteiger partial charge in [0, 0.05) is 23.3 Å². The highest BCUT2D eigenvalue weighted by Gasteiger charge is 2.15. The van der Waals surface area contributed by atoms with Gasteiger partial charge in [-0.1, -0.05) is 39.8 Å². The van der Waals surface area contributed by atoms with Crippen LogP contribution >= 0.6 is 27.7 Å². The van der Waals surface area contributed by atoms with Crippen LogP contribution in [0, 0.1) is 0 Å². The molecule has 2 N–H and O–H groups in total. The van der Waals surface area contributed by atoms with Crippen LogP contribution in [0.5, 0.6) is 0 Å². The molecule has 0 radical (unpaired) electrons. The quantitative estimate of drug-likeness (QED) is 0.871. The molecule has 0 saturated heterocycles. The fourth-order valence-corrected chi connectivity index (χ4v) is 2.73. The zero-order valence-corrected chi connectivity index (χ0v) is 11.6. The lowest BCUT2D eigenvalue weighted by molar-refractivity contribution is 0.663. The van der Waals surface area contributed by atoms with Crippen LogP contribution in [0.25, 0.3) is 0 Å². The summed E-state index contributed by atoms with van der Waals surface area (Å²) in [5.74, 6) is 0. The average molecular weight is 314 g/mol. The Morgan fingerprint density at radius 3 is 2.94 bits per heavy atom. The van der Waals surface area contributed by atoms with Crippen LogP contribution in [-0.4, -0.2) is 26.8 Å². The van der Waals surface area contributed by atoms with Crippen LogP contribution in [0.3, 0.4) is 0 Å². The van der Waals surface area contributed by atoms with Gasteiger partial charge in [0.25, 0.3) is 0 Å². The average Bonchev–Trinajstić information content (AvgIpc) is 2.71. The minimum Gasteiger partial charge on any atom is -0.329 e. The van der Waals surface area contributed by atoms with Gasteiger partial charge < -0.3 is 5.73 Å². The number of thioether (sulfide) groups is 1. The largest absolute Gasteiger partial charge is 0.329 e. The summed E-state index contributed by atoms with van der Waals surface area (Å²) in [5.41, 5.74) is 6.97. The summed E-state index contributed by atoms with van der Waals surface area (Å²) in [5, 5.41) is 12.3. The lowest BCUT2D eigenvalue weighted by Gasteiger charge is -2.13. The van der Waals surface area contributed by atoms with E-state index in [1.54, 1.807) is 16.4 Å². The predicted molar refractivity (Wildman–Crippen MR) is 70.6 cm³/mol. The molecule has 0 aliphatic rings. The van der Waals surface area contributed by atoms with Crippen molar-refractivity contribution < 1.29 is 0 Å². The van der Waals surface area contributed by atoms with Crippen LogP contribution < -0.4 is 5.73 Å². The second-order valence-corrected chi connectivity index (χ2v) is 5.57. The number of hydrogen-bond donors (Lipinski definition) is 1. The number of aryl methyl sites for hydroxylation is 1. The number of aromatic nitrogens is 4. The van der Waals surface area contributed by atoms with E-state index in [9.17, 15) is 0 Å². The monoisotopic (exact) mass is 313 g/mol. The third-order valence-electron chi connectivity index (χ3n) is 2.26. The van der Waals surface area contributed by atoms with Gasteiger partial charge >= 0.3 is 0 Å². The van der Waals surface area contributed by atoms with E-state index >= 15 is 0 Å². The summed E-state index contributed by atoms with van der Waals surface area (Å²) in [6.45, 7) is 0.536. The molecule has 1 atom stereocenters. The van der Waals surface area contributed by atoms with E-state index in [0.717, 1.165) is 15.2 Å². The number of nitrogens with zero attached hydrogens (tertiary/aromatic N) is 4. The van der Waals surface area contributed by atoms with Crippen molar-refractivity contribution in [1.29, 1.82) is 0 Å². The molecule has 0 saturated carbocycles. The first-order valence-corrected chi connectivity index (χ1v) is 6.72. The maximum absolute atomic E-state index is 5.81. The Morgan fingerprint density at radius 1 is 1.53 bits per heavy atom. The number of benzene rings is 1. The van der Waals surface area contributed by atoms with Gasteiger partial charge in [-0.3, -0.25) is 0 Å². The number of halogens is 1. The van der Waals surface area contributed by atoms with Crippen molar-refractivity contribution in [3.8, 4) is 0 Å². The summed E-state index contributed by atoms with van der Waals surface area (Å²) in [7, 11) is 1.82. The molecule has 1 aromatic heterocycles. The van der Waals surface area contributed by atoms with E-state index in [4.69, 9.17) is 5.73 Å². The van der Waals surface area contributed by atoms with E-state index in [1.165, 1.54) is 0 Å². The number of rotatable bonds is 4. The maximum atomic E-state index is 5.81. The molecular formula is C10H12BrN5S. The molecule has 2 aromatic rings. The van der Waals surface area contributed by atoms with Crippen molar-refractivity contribution in [2.45, 2.75) is 10.4 Å². The molecule has 7 heteroatoms. The highest BCUT2D eigenvalue weighted by atomic mass is 79.9. The fraction of sp³-hybridized carbons (Fsp3) is 0.300. The third-order valence-corrected chi connectivity index (χ3v) is 4.06. The molecule has 0 aliphatic carbocycles. The Hall–Kier alpha value is -0.920. The molecule has 1 heterocycles. The van der Waals surface area contributed by atoms with E-state index in [1.807, 2.05) is 19.2 Å². The van der Waals surface area contributed by atoms with E-state index in [0.29, 0.717) is 6.54 Å². The van der Waals surface area contributed by atoms with Gasteiger partial charge in [0.2, 0.25) is 5.16 Å². The lowest BCUT2D eigenvalue weighted by Crippen LogP contribution is -2.10. The van der Waals surface area contributed by atoms with Gasteiger partial charge in [-0.25, -0.2) is 4.68 Å². The highest BCUT2D eigenvalue weighted by molar-refractivity contribution is 9.10. The zero-order chi connectivity index (χ0) is 12.3. The summed E-state index contributed by atoms with van der Waals surface area (Å²) in [4.78, 5) is 0. The molecule has 0 aliphatic heterocycles. The van der Waals surface area contributed by atoms with Gasteiger partial charge in [0.15, 0.2) is 0 Å². The molecule has 5 nitrogen and oxygen atoms in total. The van der Waals surface area contributed by atoms with Crippen molar-refractivity contribution in [2.75, 3.05) is 6.54 Å². The highest BCUT2D eigenvalue weighted by Crippen LogP contribution is 2.33. The molecule has 0 bridgehead atoms. The summed E-state index contributed by atoms with van der Waals surface area (Å²) in [6.07, 6.45) is 0. The summed E-state index contributed by atoms with van der Waals surface area (Å²) in [6, 6.07) is 8.11. The molecule has 0 spiro atoms. The number of hydrogen-bond acceptors (Lipinski definition) is 5. The SMILES string of the molecule is Cn1nnnc1SC(CN)c1cccc(Br)c1. The smallest absolute Gasteiger partial charge is 0.209 e. The minimum absolute atomic E-state index is 0.150. The Balaban J connectivity index is 2.20. The molecular weight excluding hydrogens is 302 g/mol. The van der Waals surface area contributed by atoms with Crippen LogP contribution in [-0.2, 0) is 7.05 Å². The summed E-state index contributed by atoms with van der Waals surface area (Å²) >= 11 is 5.02. The van der Waals surface area contributed by atoms with Crippen molar-refractivity contribution >= 4 is 27.7 Å². The molecule has 0 fully saturated rings. The van der Waals surface area contributed by atoms with Crippen molar-refractivity contribution in [3.05, 3.63) is 34.3 Å². The molecule has 1 unspecified atom stereocenters. The van der Waals surface area contributed by atoms with Crippen LogP contribution in [0.4, 0.5) is 0 Å². The standard InChI is InChI=1S/C10H12BrN5S/c1-16-10(13-14-15-16)17-9(6-12)7-3-2-4-8(11)5-7/h2-5,9H,6,12H2,1H3. The first-order chi connectivity index (χ1) is 8.20. The topological polar surface area (TPSA) is 69.6 Å². The Morgan fingerprint density at radius 2 is 2.35 bits per heavy atom. The van der Waals surface area contributed by atoms with Gasteiger partial charge in [0.1, 0.15) is 0 Å². The Bertz CT molecular complexity index is 501. The maximum Gasteiger partial charge on any atom is 0.209 e. The van der Waals surface area contributed by atoms with Crippen LogP contribution in [0.1, 0.15) is 10.8 Å². The fourth-order valence-electron chi connectivity index (χ4n) is 1.41. The Kier molecular flexibility index (Phi) is 4.14. The van der Waals surface area contributed by atoms with E-state index in [-0.39, 0.29) is 5.25 Å². The van der Waals surface area contributed by atoms with Crippen LogP contribution in [0.15, 0.2) is 33.9 Å². The number of nitrogens with two attached hydrogens (primary N) is 1. The molecule has 2 rings (SSSR count). The molecule has 90 valence electrons. The lowest BCUT2D eigenvalue weighted by atomic mass is 10.1. The number of tetrazole rings is 1. The molecule has 0 amide bonds. The molecule has 1 aromatic carbocycles. The van der Waals surface area contributed by atoms with Gasteiger partial charge in [0.05, 0.1) is 0 Å². The zero-order valence-electron chi connectivity index (χ0n) is 9.25. The van der Waals surface area contributed by atoms with Crippen molar-refractivity contribution in [3.63, 3.8) is 0 Å². The minimum atomic E-state index is 0.150. The first-order valence-electron chi connectivity index (χ1n) is 5.05. The van der Waals surface area contributed by atoms with Gasteiger partial charge in [-0.2, -0.15) is 0 Å². The van der Waals surface area contributed by atoms with Crippen molar-refractivity contribution in [2.24, 2.45) is 12.8 Å². The van der Waals surface area contributed by atoms with Crippen LogP contribution in [0.2, 0.25) is 0 Å². The second-order valence-electron chi connectivity index (χ2n) is 3.48. The summed E-state index contributed by atoms with van der Waals surface area (Å²) < 4.78 is 2.69. The first kappa shape index (κ1) is 12.5. The Labute approximate surface area is 112 Å². The normalized spacial score (nSPS) is 12.6. The third kappa shape index (κ3) is 3.05. The molecule has 17 heavy (non-hydrogen) atoms. The van der Waals surface area contributed by atoms with E-state index < -0.39 is 0 Å². The van der Waals surface area contributed by atoms with Gasteiger partial charge in [-0.15, -0.1) is 5.10 Å².